The fourth-order valence-electron chi connectivity index (χ4n) is 4.31. The summed E-state index contributed by atoms with van der Waals surface area (Å²) in [6.07, 6.45) is 7.08. The molecule has 2 unspecified atom stereocenters. The lowest BCUT2D eigenvalue weighted by atomic mass is 9.78. The lowest BCUT2D eigenvalue weighted by Crippen LogP contribution is -2.49. The average Bonchev–Trinajstić information content (AvgIpc) is 3.03. The van der Waals surface area contributed by atoms with Crippen LogP contribution in [0.5, 0.6) is 0 Å². The van der Waals surface area contributed by atoms with Crippen LogP contribution in [0, 0.1) is 18.7 Å². The Morgan fingerprint density at radius 1 is 1.12 bits per heavy atom. The summed E-state index contributed by atoms with van der Waals surface area (Å²) in [5, 5.41) is 4.41. The van der Waals surface area contributed by atoms with E-state index in [4.69, 9.17) is 0 Å². The van der Waals surface area contributed by atoms with Crippen molar-refractivity contribution in [2.75, 3.05) is 6.54 Å². The summed E-state index contributed by atoms with van der Waals surface area (Å²) >= 11 is 0. The van der Waals surface area contributed by atoms with Crippen LogP contribution < -0.4 is 0 Å². The Labute approximate surface area is 146 Å². The van der Waals surface area contributed by atoms with Crippen LogP contribution in [-0.4, -0.2) is 38.2 Å². The van der Waals surface area contributed by atoms with Crippen molar-refractivity contribution in [2.24, 2.45) is 5.92 Å². The predicted octanol–water partition coefficient (Wildman–Crippen LogP) is 3.51. The topological polar surface area (TPSA) is 51.0 Å². The van der Waals surface area contributed by atoms with Gasteiger partial charge in [0.25, 0.3) is 5.91 Å². The van der Waals surface area contributed by atoms with Gasteiger partial charge in [-0.25, -0.2) is 14.1 Å². The molecule has 0 bridgehead atoms. The van der Waals surface area contributed by atoms with Gasteiger partial charge in [-0.15, -0.1) is 5.10 Å². The molecule has 5 nitrogen and oxygen atoms in total. The van der Waals surface area contributed by atoms with Crippen molar-refractivity contribution >= 4 is 5.91 Å². The number of likely N-dealkylation sites (tertiary alicyclic amines) is 1. The van der Waals surface area contributed by atoms with Gasteiger partial charge in [-0.05, 0) is 62.8 Å². The summed E-state index contributed by atoms with van der Waals surface area (Å²) in [7, 11) is 0. The molecule has 2 aliphatic rings. The molecule has 2 aromatic rings. The lowest BCUT2D eigenvalue weighted by Gasteiger charge is -2.43. The van der Waals surface area contributed by atoms with E-state index in [9.17, 15) is 9.18 Å². The van der Waals surface area contributed by atoms with E-state index in [0.717, 1.165) is 19.4 Å². The van der Waals surface area contributed by atoms with Gasteiger partial charge in [0.15, 0.2) is 0 Å². The van der Waals surface area contributed by atoms with Gasteiger partial charge in [-0.1, -0.05) is 12.8 Å². The van der Waals surface area contributed by atoms with E-state index in [2.05, 4.69) is 10.1 Å². The van der Waals surface area contributed by atoms with Gasteiger partial charge in [0.2, 0.25) is 5.82 Å². The van der Waals surface area contributed by atoms with Crippen LogP contribution in [0.15, 0.2) is 24.3 Å². The molecule has 0 N–H and O–H groups in total. The molecule has 2 atom stereocenters. The molecule has 1 amide bonds. The van der Waals surface area contributed by atoms with Gasteiger partial charge >= 0.3 is 0 Å². The van der Waals surface area contributed by atoms with E-state index in [1.165, 1.54) is 37.8 Å². The van der Waals surface area contributed by atoms with E-state index in [1.54, 1.807) is 16.8 Å². The highest BCUT2D eigenvalue weighted by Crippen LogP contribution is 2.35. The number of benzene rings is 1. The average molecular weight is 342 g/mol. The van der Waals surface area contributed by atoms with E-state index in [0.29, 0.717) is 23.5 Å². The zero-order valence-corrected chi connectivity index (χ0v) is 14.5. The maximum Gasteiger partial charge on any atom is 0.293 e. The molecule has 4 rings (SSSR count). The van der Waals surface area contributed by atoms with Gasteiger partial charge in [-0.2, -0.15) is 0 Å². The molecule has 0 spiro atoms. The third-order valence-electron chi connectivity index (χ3n) is 5.54. The molecule has 25 heavy (non-hydrogen) atoms. The van der Waals surface area contributed by atoms with E-state index in [-0.39, 0.29) is 17.5 Å². The Morgan fingerprint density at radius 2 is 1.84 bits per heavy atom. The number of piperidine rings is 1. The third kappa shape index (κ3) is 3.05. The second-order valence-electron chi connectivity index (χ2n) is 7.12. The van der Waals surface area contributed by atoms with Crippen molar-refractivity contribution in [1.29, 1.82) is 0 Å². The summed E-state index contributed by atoms with van der Waals surface area (Å²) in [5.41, 5.74) is 0.708. The van der Waals surface area contributed by atoms with Crippen LogP contribution in [0.25, 0.3) is 5.69 Å². The normalized spacial score (nSPS) is 23.4. The molecule has 1 aromatic carbocycles. The molecule has 1 saturated carbocycles. The fourth-order valence-corrected chi connectivity index (χ4v) is 4.31. The number of hydrogen-bond donors (Lipinski definition) is 0. The highest BCUT2D eigenvalue weighted by Gasteiger charge is 2.37. The fraction of sp³-hybridized carbons (Fsp3) is 0.526. The van der Waals surface area contributed by atoms with Gasteiger partial charge in [0, 0.05) is 12.6 Å². The number of nitrogens with zero attached hydrogens (tertiary/aromatic N) is 4. The van der Waals surface area contributed by atoms with Gasteiger partial charge in [0.05, 0.1) is 5.69 Å². The number of fused-ring (bicyclic) bond motifs is 1. The lowest BCUT2D eigenvalue weighted by molar-refractivity contribution is 0.0379. The highest BCUT2D eigenvalue weighted by molar-refractivity contribution is 5.90. The molecular weight excluding hydrogens is 319 g/mol. The molecule has 1 aromatic heterocycles. The van der Waals surface area contributed by atoms with Crippen LogP contribution >= 0.6 is 0 Å². The summed E-state index contributed by atoms with van der Waals surface area (Å²) in [6.45, 7) is 2.61. The minimum absolute atomic E-state index is 0.0689. The minimum Gasteiger partial charge on any atom is -0.333 e. The summed E-state index contributed by atoms with van der Waals surface area (Å²) in [6, 6.07) is 6.39. The maximum absolute atomic E-state index is 13.1. The number of aromatic nitrogens is 3. The summed E-state index contributed by atoms with van der Waals surface area (Å²) in [5.74, 6) is 1.14. The largest absolute Gasteiger partial charge is 0.333 e. The van der Waals surface area contributed by atoms with E-state index >= 15 is 0 Å². The molecule has 1 saturated heterocycles. The van der Waals surface area contributed by atoms with Crippen LogP contribution in [-0.2, 0) is 0 Å². The van der Waals surface area contributed by atoms with Crippen molar-refractivity contribution in [3.63, 3.8) is 0 Å². The van der Waals surface area contributed by atoms with Crippen molar-refractivity contribution in [1.82, 2.24) is 19.7 Å². The van der Waals surface area contributed by atoms with E-state index in [1.807, 2.05) is 11.8 Å². The second kappa shape index (κ2) is 6.58. The SMILES string of the molecule is Cc1nc(C(=O)N2CCCC3CCCCC32)nn1-c1ccc(F)cc1. The Balaban J connectivity index is 1.60. The molecule has 132 valence electrons. The zero-order valence-electron chi connectivity index (χ0n) is 14.5. The zero-order chi connectivity index (χ0) is 17.4. The standard InChI is InChI=1S/C19H23FN4O/c1-13-21-18(22-24(13)16-10-8-15(20)9-11-16)19(25)23-12-4-6-14-5-2-3-7-17(14)23/h8-11,14,17H,2-7,12H2,1H3. The molecular formula is C19H23FN4O. The van der Waals surface area contributed by atoms with Gasteiger partial charge in [-0.3, -0.25) is 4.79 Å². The number of hydrogen-bond acceptors (Lipinski definition) is 3. The van der Waals surface area contributed by atoms with Crippen LogP contribution in [0.4, 0.5) is 4.39 Å². The Hall–Kier alpha value is -2.24. The number of carbonyl (C=O) groups is 1. The predicted molar refractivity (Wildman–Crippen MR) is 92.1 cm³/mol. The van der Waals surface area contributed by atoms with Crippen molar-refractivity contribution in [2.45, 2.75) is 51.5 Å². The maximum atomic E-state index is 13.1. The Bertz CT molecular complexity index is 768. The smallest absolute Gasteiger partial charge is 0.293 e. The quantitative estimate of drug-likeness (QED) is 0.839. The molecule has 1 aliphatic carbocycles. The first kappa shape index (κ1) is 16.2. The van der Waals surface area contributed by atoms with Crippen molar-refractivity contribution < 1.29 is 9.18 Å². The molecule has 1 aliphatic heterocycles. The number of rotatable bonds is 2. The highest BCUT2D eigenvalue weighted by atomic mass is 19.1. The van der Waals surface area contributed by atoms with Crippen LogP contribution in [0.3, 0.4) is 0 Å². The Kier molecular flexibility index (Phi) is 4.27. The first-order valence-corrected chi connectivity index (χ1v) is 9.14. The summed E-state index contributed by atoms with van der Waals surface area (Å²) in [4.78, 5) is 19.4. The number of carbonyl (C=O) groups excluding carboxylic acids is 1. The van der Waals surface area contributed by atoms with Crippen LogP contribution in [0.2, 0.25) is 0 Å². The second-order valence-corrected chi connectivity index (χ2v) is 7.12. The molecule has 6 heteroatoms. The van der Waals surface area contributed by atoms with Crippen LogP contribution in [0.1, 0.15) is 55.0 Å². The third-order valence-corrected chi connectivity index (χ3v) is 5.54. The first-order valence-electron chi connectivity index (χ1n) is 9.14. The van der Waals surface area contributed by atoms with E-state index < -0.39 is 0 Å². The number of amides is 1. The number of halogens is 1. The summed E-state index contributed by atoms with van der Waals surface area (Å²) < 4.78 is 14.7. The monoisotopic (exact) mass is 342 g/mol. The van der Waals surface area contributed by atoms with Gasteiger partial charge in [0.1, 0.15) is 11.6 Å². The first-order chi connectivity index (χ1) is 12.1. The number of aryl methyl sites for hydroxylation is 1. The molecule has 2 fully saturated rings. The molecule has 2 heterocycles. The van der Waals surface area contributed by atoms with Crippen molar-refractivity contribution in [3.05, 3.63) is 41.7 Å². The van der Waals surface area contributed by atoms with Crippen molar-refractivity contribution in [3.8, 4) is 5.69 Å². The minimum atomic E-state index is -0.297. The Morgan fingerprint density at radius 3 is 2.64 bits per heavy atom. The molecule has 0 radical (unpaired) electrons. The van der Waals surface area contributed by atoms with Gasteiger partial charge < -0.3 is 4.90 Å².